The molecule has 0 amide bonds. The fourth-order valence-corrected chi connectivity index (χ4v) is 0.835. The molecule has 0 spiro atoms. The van der Waals surface area contributed by atoms with Crippen LogP contribution in [0.5, 0.6) is 0 Å². The van der Waals surface area contributed by atoms with Gasteiger partial charge in [-0.1, -0.05) is 33.1 Å². The molecule has 6 heteroatoms. The van der Waals surface area contributed by atoms with E-state index in [1.54, 1.807) is 0 Å². The van der Waals surface area contributed by atoms with Crippen LogP contribution in [-0.2, 0) is 0 Å². The first-order valence-corrected chi connectivity index (χ1v) is 6.40. The minimum absolute atomic E-state index is 0.125. The van der Waals surface area contributed by atoms with Gasteiger partial charge in [0.05, 0.1) is 13.2 Å². The predicted molar refractivity (Wildman–Crippen MR) is 69.7 cm³/mol. The van der Waals surface area contributed by atoms with E-state index in [-0.39, 0.29) is 13.2 Å². The second-order valence-corrected chi connectivity index (χ2v) is 3.69. The predicted octanol–water partition coefficient (Wildman–Crippen LogP) is -0.0544. The fraction of sp³-hybridized carbons (Fsp3) is 1.00. The highest BCUT2D eigenvalue weighted by Gasteiger charge is 1.93. The van der Waals surface area contributed by atoms with E-state index in [0.29, 0.717) is 12.8 Å². The first-order valence-electron chi connectivity index (χ1n) is 6.40. The van der Waals surface area contributed by atoms with Crippen molar-refractivity contribution in [1.82, 2.24) is 0 Å². The normalized spacial score (nSPS) is 9.67. The molecular weight excluding hydrogens is 240 g/mol. The van der Waals surface area contributed by atoms with Crippen molar-refractivity contribution >= 4 is 0 Å². The molecule has 0 saturated carbocycles. The third kappa shape index (κ3) is 44.7. The number of rotatable bonds is 7. The van der Waals surface area contributed by atoms with E-state index in [0.717, 1.165) is 25.7 Å². The summed E-state index contributed by atoms with van der Waals surface area (Å²) in [6, 6.07) is 0. The van der Waals surface area contributed by atoms with Gasteiger partial charge < -0.3 is 30.6 Å². The van der Waals surface area contributed by atoms with Gasteiger partial charge in [0.15, 0.2) is 12.6 Å². The Morgan fingerprint density at radius 1 is 0.667 bits per heavy atom. The number of hydrogen-bond donors (Lipinski definition) is 6. The molecule has 114 valence electrons. The molecule has 0 rings (SSSR count). The van der Waals surface area contributed by atoms with Crippen molar-refractivity contribution in [3.8, 4) is 0 Å². The van der Waals surface area contributed by atoms with Crippen molar-refractivity contribution < 1.29 is 30.6 Å². The summed E-state index contributed by atoms with van der Waals surface area (Å²) in [5.74, 6) is 0. The second-order valence-electron chi connectivity index (χ2n) is 3.69. The molecule has 0 aliphatic heterocycles. The van der Waals surface area contributed by atoms with Crippen LogP contribution in [0.3, 0.4) is 0 Å². The molecule has 0 heterocycles. The maximum atomic E-state index is 8.33. The summed E-state index contributed by atoms with van der Waals surface area (Å²) >= 11 is 0. The van der Waals surface area contributed by atoms with Crippen LogP contribution < -0.4 is 0 Å². The fourth-order valence-electron chi connectivity index (χ4n) is 0.835. The Morgan fingerprint density at radius 2 is 1.11 bits per heavy atom. The van der Waals surface area contributed by atoms with Gasteiger partial charge in [0, 0.05) is 0 Å². The average molecular weight is 270 g/mol. The molecule has 6 N–H and O–H groups in total. The monoisotopic (exact) mass is 270 g/mol. The highest BCUT2D eigenvalue weighted by atomic mass is 16.5. The Hall–Kier alpha value is -0.240. The Kier molecular flexibility index (Phi) is 28.0. The topological polar surface area (TPSA) is 121 Å². The van der Waals surface area contributed by atoms with Crippen molar-refractivity contribution in [1.29, 1.82) is 0 Å². The zero-order chi connectivity index (χ0) is 14.8. The molecule has 0 atom stereocenters. The van der Waals surface area contributed by atoms with Crippen molar-refractivity contribution in [2.75, 3.05) is 13.2 Å². The Morgan fingerprint density at radius 3 is 1.28 bits per heavy atom. The molecule has 0 radical (unpaired) electrons. The summed E-state index contributed by atoms with van der Waals surface area (Å²) in [4.78, 5) is 0. The van der Waals surface area contributed by atoms with E-state index < -0.39 is 12.6 Å². The van der Waals surface area contributed by atoms with Gasteiger partial charge in [-0.15, -0.1) is 0 Å². The lowest BCUT2D eigenvalue weighted by Gasteiger charge is -1.99. The summed E-state index contributed by atoms with van der Waals surface area (Å²) in [6.07, 6.45) is 2.79. The highest BCUT2D eigenvalue weighted by molar-refractivity contribution is 4.40. The van der Waals surface area contributed by atoms with E-state index in [4.69, 9.17) is 30.6 Å². The number of aliphatic hydroxyl groups excluding tert-OH is 4. The number of aliphatic hydroxyl groups is 6. The van der Waals surface area contributed by atoms with E-state index >= 15 is 0 Å². The third-order valence-corrected chi connectivity index (χ3v) is 1.71. The van der Waals surface area contributed by atoms with Gasteiger partial charge in [-0.25, -0.2) is 0 Å². The summed E-state index contributed by atoms with van der Waals surface area (Å²) in [7, 11) is 0. The second kappa shape index (κ2) is 22.0. The zero-order valence-corrected chi connectivity index (χ0v) is 11.5. The standard InChI is InChI=1S/C6H14O2.C4H10O2.C2H6O2/c1-2-3-4-5-6(7)8;1-2-3-4(5)6;3-1-2-4/h6-8H,2-5H2,1H3;4-6H,2-3H2,1H3;3-4H,1-2H2. The highest BCUT2D eigenvalue weighted by Crippen LogP contribution is 1.99. The smallest absolute Gasteiger partial charge is 0.151 e. The van der Waals surface area contributed by atoms with Gasteiger partial charge in [-0.2, -0.15) is 0 Å². The maximum absolute atomic E-state index is 8.33. The van der Waals surface area contributed by atoms with Crippen molar-refractivity contribution in [3.05, 3.63) is 0 Å². The van der Waals surface area contributed by atoms with Gasteiger partial charge in [-0.05, 0) is 19.3 Å². The van der Waals surface area contributed by atoms with E-state index in [2.05, 4.69) is 6.92 Å². The molecule has 0 aromatic rings. The Bertz CT molecular complexity index is 117. The van der Waals surface area contributed by atoms with Crippen LogP contribution in [-0.4, -0.2) is 56.4 Å². The van der Waals surface area contributed by atoms with E-state index in [9.17, 15) is 0 Å². The molecule has 0 aromatic carbocycles. The summed E-state index contributed by atoms with van der Waals surface area (Å²) < 4.78 is 0. The minimum atomic E-state index is -1.10. The van der Waals surface area contributed by atoms with Crippen molar-refractivity contribution in [2.24, 2.45) is 0 Å². The first-order chi connectivity index (χ1) is 8.45. The van der Waals surface area contributed by atoms with E-state index in [1.165, 1.54) is 0 Å². The lowest BCUT2D eigenvalue weighted by atomic mass is 10.2. The average Bonchev–Trinajstić information content (AvgIpc) is 2.30. The van der Waals surface area contributed by atoms with Gasteiger partial charge in [0.25, 0.3) is 0 Å². The van der Waals surface area contributed by atoms with Crippen LogP contribution in [0.4, 0.5) is 0 Å². The molecule has 0 aromatic heterocycles. The summed E-state index contributed by atoms with van der Waals surface area (Å²) in [6.45, 7) is 3.74. The summed E-state index contributed by atoms with van der Waals surface area (Å²) in [5, 5.41) is 48.1. The maximum Gasteiger partial charge on any atom is 0.151 e. The lowest BCUT2D eigenvalue weighted by Crippen LogP contribution is -2.02. The largest absolute Gasteiger partial charge is 0.394 e. The van der Waals surface area contributed by atoms with E-state index in [1.807, 2.05) is 6.92 Å². The first kappa shape index (κ1) is 22.9. The number of hydrogen-bond acceptors (Lipinski definition) is 6. The van der Waals surface area contributed by atoms with Crippen LogP contribution in [0.15, 0.2) is 0 Å². The molecule has 18 heavy (non-hydrogen) atoms. The van der Waals surface area contributed by atoms with Gasteiger partial charge in [0.2, 0.25) is 0 Å². The minimum Gasteiger partial charge on any atom is -0.394 e. The zero-order valence-electron chi connectivity index (χ0n) is 11.5. The molecule has 0 bridgehead atoms. The van der Waals surface area contributed by atoms with Crippen LogP contribution in [0.25, 0.3) is 0 Å². The summed E-state index contributed by atoms with van der Waals surface area (Å²) in [5.41, 5.74) is 0. The molecule has 6 nitrogen and oxygen atoms in total. The third-order valence-electron chi connectivity index (χ3n) is 1.71. The quantitative estimate of drug-likeness (QED) is 0.285. The van der Waals surface area contributed by atoms with Crippen LogP contribution >= 0.6 is 0 Å². The molecule has 0 aliphatic carbocycles. The molecule has 0 unspecified atom stereocenters. The number of unbranched alkanes of at least 4 members (excludes halogenated alkanes) is 2. The lowest BCUT2D eigenvalue weighted by molar-refractivity contribution is -0.0468. The van der Waals surface area contributed by atoms with Crippen molar-refractivity contribution in [3.63, 3.8) is 0 Å². The van der Waals surface area contributed by atoms with Gasteiger partial charge in [-0.3, -0.25) is 0 Å². The molecule has 0 fully saturated rings. The molecule has 0 aliphatic rings. The van der Waals surface area contributed by atoms with Gasteiger partial charge in [0.1, 0.15) is 0 Å². The Balaban J connectivity index is -0.000000200. The molecule has 0 saturated heterocycles. The Labute approximate surface area is 110 Å². The van der Waals surface area contributed by atoms with Gasteiger partial charge >= 0.3 is 0 Å². The van der Waals surface area contributed by atoms with Crippen molar-refractivity contribution in [2.45, 2.75) is 65.0 Å². The van der Waals surface area contributed by atoms with Crippen LogP contribution in [0.1, 0.15) is 52.4 Å². The molecular formula is C12H30O6. The van der Waals surface area contributed by atoms with Crippen LogP contribution in [0.2, 0.25) is 0 Å². The SMILES string of the molecule is CCCC(O)O.CCCCCC(O)O.OCCO. The van der Waals surface area contributed by atoms with Crippen LogP contribution in [0, 0.1) is 0 Å².